The highest BCUT2D eigenvalue weighted by atomic mass is 32.1. The van der Waals surface area contributed by atoms with Gasteiger partial charge in [-0.1, -0.05) is 55.5 Å². The van der Waals surface area contributed by atoms with Crippen LogP contribution < -0.4 is 20.7 Å². The quantitative estimate of drug-likeness (QED) is 0.381. The molecule has 6 nitrogen and oxygen atoms in total. The normalized spacial score (nSPS) is 11.2. The number of carbonyl (C=O) groups is 2. The summed E-state index contributed by atoms with van der Waals surface area (Å²) in [5.74, 6) is 0.0401. The molecule has 0 bridgehead atoms. The predicted molar refractivity (Wildman–Crippen MR) is 139 cm³/mol. The molecule has 0 spiro atoms. The van der Waals surface area contributed by atoms with Crippen LogP contribution in [0.5, 0.6) is 5.75 Å². The summed E-state index contributed by atoms with van der Waals surface area (Å²) in [5.41, 5.74) is 2.53. The van der Waals surface area contributed by atoms with Crippen LogP contribution in [0.3, 0.4) is 0 Å². The average Bonchev–Trinajstić information content (AvgIpc) is 2.85. The number of rotatable bonds is 9. The van der Waals surface area contributed by atoms with E-state index in [1.54, 1.807) is 42.5 Å². The van der Waals surface area contributed by atoms with Gasteiger partial charge in [0.2, 0.25) is 0 Å². The van der Waals surface area contributed by atoms with Gasteiger partial charge in [0.1, 0.15) is 5.75 Å². The van der Waals surface area contributed by atoms with Crippen molar-refractivity contribution in [2.45, 2.75) is 32.8 Å². The second-order valence-electron chi connectivity index (χ2n) is 7.81. The summed E-state index contributed by atoms with van der Waals surface area (Å²) in [6, 6.07) is 23.9. The van der Waals surface area contributed by atoms with E-state index < -0.39 is 0 Å². The number of ether oxygens (including phenoxy) is 1. The maximum absolute atomic E-state index is 12.7. The maximum atomic E-state index is 12.7. The van der Waals surface area contributed by atoms with Crippen molar-refractivity contribution in [3.63, 3.8) is 0 Å². The Kier molecular flexibility index (Phi) is 9.17. The first-order chi connectivity index (χ1) is 16.5. The first kappa shape index (κ1) is 24.9. The molecule has 0 aliphatic heterocycles. The van der Waals surface area contributed by atoms with Gasteiger partial charge in [-0.25, -0.2) is 0 Å². The van der Waals surface area contributed by atoms with Crippen LogP contribution in [0.4, 0.5) is 5.69 Å². The number of anilines is 1. The molecule has 3 aromatic carbocycles. The van der Waals surface area contributed by atoms with Gasteiger partial charge in [0.25, 0.3) is 11.8 Å². The SMILES string of the molecule is CCC(C)Oc1cccc(C(=O)NC(=S)Nc2ccccc2C(=O)NCCc2ccccc2)c1. The molecule has 0 aliphatic carbocycles. The van der Waals surface area contributed by atoms with E-state index in [4.69, 9.17) is 17.0 Å². The summed E-state index contributed by atoms with van der Waals surface area (Å²) in [7, 11) is 0. The fourth-order valence-electron chi connectivity index (χ4n) is 3.21. The van der Waals surface area contributed by atoms with Crippen LogP contribution >= 0.6 is 12.2 Å². The van der Waals surface area contributed by atoms with Gasteiger partial charge in [0, 0.05) is 12.1 Å². The predicted octanol–water partition coefficient (Wildman–Crippen LogP) is 4.96. The van der Waals surface area contributed by atoms with Crippen molar-refractivity contribution in [2.75, 3.05) is 11.9 Å². The third-order valence-corrected chi connectivity index (χ3v) is 5.40. The molecule has 0 fully saturated rings. The first-order valence-electron chi connectivity index (χ1n) is 11.3. The lowest BCUT2D eigenvalue weighted by atomic mass is 10.1. The molecule has 0 saturated carbocycles. The van der Waals surface area contributed by atoms with E-state index in [0.29, 0.717) is 29.1 Å². The number of para-hydroxylation sites is 1. The summed E-state index contributed by atoms with van der Waals surface area (Å²) >= 11 is 5.33. The fourth-order valence-corrected chi connectivity index (χ4v) is 3.41. The Bertz CT molecular complexity index is 1130. The summed E-state index contributed by atoms with van der Waals surface area (Å²) in [4.78, 5) is 25.4. The Morgan fingerprint density at radius 2 is 1.68 bits per heavy atom. The topological polar surface area (TPSA) is 79.5 Å². The number of thiocarbonyl (C=S) groups is 1. The lowest BCUT2D eigenvalue weighted by Crippen LogP contribution is -2.35. The van der Waals surface area contributed by atoms with Gasteiger partial charge in [0.15, 0.2) is 5.11 Å². The molecule has 7 heteroatoms. The third-order valence-electron chi connectivity index (χ3n) is 5.20. The Hall–Kier alpha value is -3.71. The molecule has 3 N–H and O–H groups in total. The zero-order chi connectivity index (χ0) is 24.3. The van der Waals surface area contributed by atoms with Gasteiger partial charge in [-0.05, 0) is 67.9 Å². The van der Waals surface area contributed by atoms with E-state index in [-0.39, 0.29) is 23.0 Å². The minimum atomic E-state index is -0.364. The number of hydrogen-bond acceptors (Lipinski definition) is 4. The van der Waals surface area contributed by atoms with Crippen molar-refractivity contribution >= 4 is 34.8 Å². The molecule has 34 heavy (non-hydrogen) atoms. The fraction of sp³-hybridized carbons (Fsp3) is 0.222. The minimum absolute atomic E-state index is 0.0522. The lowest BCUT2D eigenvalue weighted by Gasteiger charge is -2.15. The lowest BCUT2D eigenvalue weighted by molar-refractivity contribution is 0.0953. The van der Waals surface area contributed by atoms with E-state index in [2.05, 4.69) is 16.0 Å². The summed E-state index contributed by atoms with van der Waals surface area (Å²) < 4.78 is 5.78. The number of benzene rings is 3. The van der Waals surface area contributed by atoms with E-state index in [9.17, 15) is 9.59 Å². The highest BCUT2D eigenvalue weighted by molar-refractivity contribution is 7.80. The standard InChI is InChI=1S/C27H29N3O3S/c1-3-19(2)33-22-13-9-12-21(18-22)25(31)30-27(34)29-24-15-8-7-14-23(24)26(32)28-17-16-20-10-5-4-6-11-20/h4-15,18-19H,3,16-17H2,1-2H3,(H,28,32)(H2,29,30,31,34). The van der Waals surface area contributed by atoms with E-state index in [0.717, 1.165) is 18.4 Å². The van der Waals surface area contributed by atoms with Crippen molar-refractivity contribution in [3.05, 3.63) is 95.6 Å². The Morgan fingerprint density at radius 1 is 0.941 bits per heavy atom. The molecular weight excluding hydrogens is 446 g/mol. The van der Waals surface area contributed by atoms with Crippen LogP contribution in [0.15, 0.2) is 78.9 Å². The zero-order valence-corrected chi connectivity index (χ0v) is 20.2. The van der Waals surface area contributed by atoms with Gasteiger partial charge >= 0.3 is 0 Å². The van der Waals surface area contributed by atoms with Crippen LogP contribution in [-0.2, 0) is 6.42 Å². The monoisotopic (exact) mass is 475 g/mol. The van der Waals surface area contributed by atoms with Gasteiger partial charge in [0.05, 0.1) is 17.4 Å². The third kappa shape index (κ3) is 7.42. The largest absolute Gasteiger partial charge is 0.491 e. The van der Waals surface area contributed by atoms with Crippen molar-refractivity contribution < 1.29 is 14.3 Å². The number of amides is 2. The smallest absolute Gasteiger partial charge is 0.257 e. The molecule has 0 heterocycles. The molecule has 176 valence electrons. The first-order valence-corrected chi connectivity index (χ1v) is 11.7. The van der Waals surface area contributed by atoms with Crippen LogP contribution in [0.25, 0.3) is 0 Å². The second-order valence-corrected chi connectivity index (χ2v) is 8.22. The molecule has 0 aromatic heterocycles. The van der Waals surface area contributed by atoms with Crippen molar-refractivity contribution in [1.82, 2.24) is 10.6 Å². The molecule has 2 amide bonds. The van der Waals surface area contributed by atoms with Crippen molar-refractivity contribution in [3.8, 4) is 5.75 Å². The summed E-state index contributed by atoms with van der Waals surface area (Å²) in [5, 5.41) is 8.66. The van der Waals surface area contributed by atoms with Gasteiger partial charge < -0.3 is 15.4 Å². The molecule has 3 aromatic rings. The Labute approximate surface area is 205 Å². The Balaban J connectivity index is 1.58. The summed E-state index contributed by atoms with van der Waals surface area (Å²) in [6.45, 7) is 4.52. The van der Waals surface area contributed by atoms with Crippen LogP contribution in [0, 0.1) is 0 Å². The molecule has 0 saturated heterocycles. The molecule has 0 aliphatic rings. The maximum Gasteiger partial charge on any atom is 0.257 e. The number of hydrogen-bond donors (Lipinski definition) is 3. The van der Waals surface area contributed by atoms with Gasteiger partial charge in [-0.2, -0.15) is 0 Å². The molecule has 0 radical (unpaired) electrons. The highest BCUT2D eigenvalue weighted by Gasteiger charge is 2.14. The summed E-state index contributed by atoms with van der Waals surface area (Å²) in [6.07, 6.45) is 1.65. The molecule has 3 rings (SSSR count). The Morgan fingerprint density at radius 3 is 2.44 bits per heavy atom. The second kappa shape index (κ2) is 12.5. The van der Waals surface area contributed by atoms with E-state index in [1.165, 1.54) is 0 Å². The minimum Gasteiger partial charge on any atom is -0.491 e. The van der Waals surface area contributed by atoms with E-state index in [1.807, 2.05) is 50.2 Å². The van der Waals surface area contributed by atoms with Crippen LogP contribution in [0.1, 0.15) is 46.5 Å². The molecular formula is C27H29N3O3S. The van der Waals surface area contributed by atoms with E-state index >= 15 is 0 Å². The van der Waals surface area contributed by atoms with Crippen LogP contribution in [-0.4, -0.2) is 29.6 Å². The van der Waals surface area contributed by atoms with Crippen LogP contribution in [0.2, 0.25) is 0 Å². The van der Waals surface area contributed by atoms with Crippen molar-refractivity contribution in [2.24, 2.45) is 0 Å². The van der Waals surface area contributed by atoms with Crippen molar-refractivity contribution in [1.29, 1.82) is 0 Å². The van der Waals surface area contributed by atoms with Gasteiger partial charge in [-0.15, -0.1) is 0 Å². The van der Waals surface area contributed by atoms with Gasteiger partial charge in [-0.3, -0.25) is 14.9 Å². The number of carbonyl (C=O) groups excluding carboxylic acids is 2. The zero-order valence-electron chi connectivity index (χ0n) is 19.3. The molecule has 1 unspecified atom stereocenters. The highest BCUT2D eigenvalue weighted by Crippen LogP contribution is 2.17. The number of nitrogens with one attached hydrogen (secondary N) is 3. The average molecular weight is 476 g/mol. The molecule has 1 atom stereocenters.